The van der Waals surface area contributed by atoms with E-state index in [0.29, 0.717) is 11.8 Å². The minimum atomic E-state index is 0.370. The summed E-state index contributed by atoms with van der Waals surface area (Å²) in [6, 6.07) is 25.5. The number of nitrogen functional groups attached to an aromatic ring is 2. The van der Waals surface area contributed by atoms with Gasteiger partial charge >= 0.3 is 0 Å². The molecule has 0 fully saturated rings. The number of nitrogens with two attached hydrogens (primary N) is 2. The van der Waals surface area contributed by atoms with E-state index < -0.39 is 0 Å². The fourth-order valence-corrected chi connectivity index (χ4v) is 3.87. The molecule has 3 aromatic carbocycles. The molecule has 26 heavy (non-hydrogen) atoms. The Morgan fingerprint density at radius 2 is 0.923 bits per heavy atom. The van der Waals surface area contributed by atoms with Gasteiger partial charge < -0.3 is 11.5 Å². The monoisotopic (exact) mass is 344 g/mol. The summed E-state index contributed by atoms with van der Waals surface area (Å²) in [6.45, 7) is 4.50. The van der Waals surface area contributed by atoms with Crippen LogP contribution in [0.5, 0.6) is 0 Å². The smallest absolute Gasteiger partial charge is 0.0314 e. The topological polar surface area (TPSA) is 52.0 Å². The van der Waals surface area contributed by atoms with Crippen molar-refractivity contribution in [2.75, 3.05) is 11.5 Å². The van der Waals surface area contributed by atoms with Crippen molar-refractivity contribution in [3.8, 4) is 0 Å². The van der Waals surface area contributed by atoms with Gasteiger partial charge in [0, 0.05) is 23.2 Å². The lowest BCUT2D eigenvalue weighted by Gasteiger charge is -2.25. The second kappa shape index (κ2) is 8.09. The van der Waals surface area contributed by atoms with Crippen LogP contribution in [0.25, 0.3) is 0 Å². The molecule has 0 amide bonds. The molecular weight excluding hydrogens is 316 g/mol. The summed E-state index contributed by atoms with van der Waals surface area (Å²) < 4.78 is 0. The predicted octanol–water partition coefficient (Wildman–Crippen LogP) is 5.93. The van der Waals surface area contributed by atoms with Crippen LogP contribution < -0.4 is 11.5 Å². The fraction of sp³-hybridized carbons (Fsp3) is 0.250. The normalized spacial score (nSPS) is 13.3. The molecule has 2 nitrogen and oxygen atoms in total. The summed E-state index contributed by atoms with van der Waals surface area (Å²) >= 11 is 0. The Morgan fingerprint density at radius 3 is 1.23 bits per heavy atom. The van der Waals surface area contributed by atoms with Crippen LogP contribution in [0, 0.1) is 0 Å². The second-order valence-corrected chi connectivity index (χ2v) is 6.88. The SMILES string of the molecule is CCC(c1ccc(N)cc1)c1ccccc1C(CC)c1ccc(N)cc1. The van der Waals surface area contributed by atoms with Crippen LogP contribution in [0.1, 0.15) is 60.8 Å². The van der Waals surface area contributed by atoms with Crippen molar-refractivity contribution in [1.29, 1.82) is 0 Å². The molecule has 134 valence electrons. The zero-order valence-electron chi connectivity index (χ0n) is 15.7. The fourth-order valence-electron chi connectivity index (χ4n) is 3.87. The Labute approximate surface area is 156 Å². The zero-order chi connectivity index (χ0) is 18.5. The number of benzene rings is 3. The molecule has 2 unspecified atom stereocenters. The third-order valence-corrected chi connectivity index (χ3v) is 5.24. The van der Waals surface area contributed by atoms with E-state index >= 15 is 0 Å². The molecule has 0 spiro atoms. The Bertz CT molecular complexity index is 762. The number of hydrogen-bond donors (Lipinski definition) is 2. The maximum atomic E-state index is 5.88. The largest absolute Gasteiger partial charge is 0.399 e. The van der Waals surface area contributed by atoms with E-state index in [1.807, 2.05) is 24.3 Å². The minimum Gasteiger partial charge on any atom is -0.399 e. The molecule has 3 aromatic rings. The summed E-state index contributed by atoms with van der Waals surface area (Å²) in [5.74, 6) is 0.740. The molecule has 0 aliphatic heterocycles. The highest BCUT2D eigenvalue weighted by Crippen LogP contribution is 2.37. The van der Waals surface area contributed by atoms with E-state index in [2.05, 4.69) is 62.4 Å². The third kappa shape index (κ3) is 3.75. The van der Waals surface area contributed by atoms with Gasteiger partial charge in [-0.25, -0.2) is 0 Å². The van der Waals surface area contributed by atoms with Gasteiger partial charge in [-0.3, -0.25) is 0 Å². The quantitative estimate of drug-likeness (QED) is 0.544. The Morgan fingerprint density at radius 1 is 0.577 bits per heavy atom. The molecule has 0 saturated heterocycles. The molecule has 0 heterocycles. The lowest BCUT2D eigenvalue weighted by Crippen LogP contribution is -2.09. The zero-order valence-corrected chi connectivity index (χ0v) is 15.7. The van der Waals surface area contributed by atoms with E-state index in [-0.39, 0.29) is 0 Å². The van der Waals surface area contributed by atoms with E-state index in [1.165, 1.54) is 22.3 Å². The van der Waals surface area contributed by atoms with Gasteiger partial charge in [0.15, 0.2) is 0 Å². The van der Waals surface area contributed by atoms with Gasteiger partial charge in [-0.1, -0.05) is 62.4 Å². The Kier molecular flexibility index (Phi) is 5.62. The molecule has 3 rings (SSSR count). The van der Waals surface area contributed by atoms with Crippen LogP contribution in [-0.4, -0.2) is 0 Å². The van der Waals surface area contributed by atoms with Crippen LogP contribution in [-0.2, 0) is 0 Å². The van der Waals surface area contributed by atoms with Gasteiger partial charge in [-0.15, -0.1) is 0 Å². The standard InChI is InChI=1S/C24H28N2/c1-3-21(17-9-13-19(25)14-10-17)23-7-5-6-8-24(23)22(4-2)18-11-15-20(26)16-12-18/h5-16,21-22H,3-4,25-26H2,1-2H3. The second-order valence-electron chi connectivity index (χ2n) is 6.88. The van der Waals surface area contributed by atoms with Crippen molar-refractivity contribution >= 4 is 11.4 Å². The van der Waals surface area contributed by atoms with E-state index in [9.17, 15) is 0 Å². The van der Waals surface area contributed by atoms with E-state index in [4.69, 9.17) is 11.5 Å². The predicted molar refractivity (Wildman–Crippen MR) is 112 cm³/mol. The van der Waals surface area contributed by atoms with Gasteiger partial charge in [0.1, 0.15) is 0 Å². The molecule has 0 aliphatic carbocycles. The Balaban J connectivity index is 2.05. The van der Waals surface area contributed by atoms with Gasteiger partial charge in [-0.05, 0) is 59.4 Å². The van der Waals surface area contributed by atoms with Gasteiger partial charge in [0.05, 0.1) is 0 Å². The first kappa shape index (κ1) is 18.1. The lowest BCUT2D eigenvalue weighted by molar-refractivity contribution is 0.720. The molecule has 4 N–H and O–H groups in total. The van der Waals surface area contributed by atoms with Crippen molar-refractivity contribution in [3.63, 3.8) is 0 Å². The van der Waals surface area contributed by atoms with Crippen molar-refractivity contribution in [2.45, 2.75) is 38.5 Å². The molecular formula is C24H28N2. The van der Waals surface area contributed by atoms with Crippen LogP contribution in [0.4, 0.5) is 11.4 Å². The third-order valence-electron chi connectivity index (χ3n) is 5.24. The van der Waals surface area contributed by atoms with Crippen molar-refractivity contribution in [3.05, 3.63) is 95.1 Å². The number of anilines is 2. The molecule has 0 saturated carbocycles. The molecule has 2 heteroatoms. The highest BCUT2D eigenvalue weighted by Gasteiger charge is 2.21. The molecule has 0 radical (unpaired) electrons. The highest BCUT2D eigenvalue weighted by molar-refractivity contribution is 5.48. The summed E-state index contributed by atoms with van der Waals surface area (Å²) in [5.41, 5.74) is 18.8. The van der Waals surface area contributed by atoms with E-state index in [1.54, 1.807) is 0 Å². The highest BCUT2D eigenvalue weighted by atomic mass is 14.5. The molecule has 0 aliphatic rings. The van der Waals surface area contributed by atoms with E-state index in [0.717, 1.165) is 24.2 Å². The number of hydrogen-bond acceptors (Lipinski definition) is 2. The molecule has 0 bridgehead atoms. The lowest BCUT2D eigenvalue weighted by atomic mass is 9.79. The van der Waals surface area contributed by atoms with Crippen LogP contribution >= 0.6 is 0 Å². The molecule has 0 aromatic heterocycles. The minimum absolute atomic E-state index is 0.370. The first-order valence-corrected chi connectivity index (χ1v) is 9.43. The van der Waals surface area contributed by atoms with Crippen LogP contribution in [0.3, 0.4) is 0 Å². The summed E-state index contributed by atoms with van der Waals surface area (Å²) in [7, 11) is 0. The van der Waals surface area contributed by atoms with Crippen molar-refractivity contribution < 1.29 is 0 Å². The number of rotatable bonds is 6. The Hall–Kier alpha value is -2.74. The maximum absolute atomic E-state index is 5.88. The first-order valence-electron chi connectivity index (χ1n) is 9.43. The van der Waals surface area contributed by atoms with Crippen molar-refractivity contribution in [2.24, 2.45) is 0 Å². The summed E-state index contributed by atoms with van der Waals surface area (Å²) in [4.78, 5) is 0. The first-order chi connectivity index (χ1) is 12.6. The van der Waals surface area contributed by atoms with Gasteiger partial charge in [0.25, 0.3) is 0 Å². The van der Waals surface area contributed by atoms with Crippen molar-refractivity contribution in [1.82, 2.24) is 0 Å². The average molecular weight is 345 g/mol. The summed E-state index contributed by atoms with van der Waals surface area (Å²) in [5, 5.41) is 0. The van der Waals surface area contributed by atoms with Crippen LogP contribution in [0.2, 0.25) is 0 Å². The van der Waals surface area contributed by atoms with Gasteiger partial charge in [0.2, 0.25) is 0 Å². The van der Waals surface area contributed by atoms with Gasteiger partial charge in [-0.2, -0.15) is 0 Å². The molecule has 2 atom stereocenters. The summed E-state index contributed by atoms with van der Waals surface area (Å²) in [6.07, 6.45) is 2.11. The average Bonchev–Trinajstić information content (AvgIpc) is 2.67. The maximum Gasteiger partial charge on any atom is 0.0314 e. The van der Waals surface area contributed by atoms with Crippen LogP contribution in [0.15, 0.2) is 72.8 Å².